The number of benzene rings is 4. The van der Waals surface area contributed by atoms with E-state index in [9.17, 15) is 14.7 Å². The molecule has 232 valence electrons. The first-order valence-corrected chi connectivity index (χ1v) is 16.8. The fourth-order valence-corrected chi connectivity index (χ4v) is 7.14. The van der Waals surface area contributed by atoms with Gasteiger partial charge in [0.05, 0.1) is 11.6 Å². The fourth-order valence-electron chi connectivity index (χ4n) is 5.32. The lowest BCUT2D eigenvalue weighted by Crippen LogP contribution is -2.29. The average molecular weight is 648 g/mol. The Morgan fingerprint density at radius 3 is 2.33 bits per heavy atom. The number of rotatable bonds is 10. The second-order valence-electron chi connectivity index (χ2n) is 11.4. The van der Waals surface area contributed by atoms with E-state index in [1.807, 2.05) is 79.7 Å². The first-order chi connectivity index (χ1) is 22.3. The summed E-state index contributed by atoms with van der Waals surface area (Å²) >= 11 is 2.76. The van der Waals surface area contributed by atoms with E-state index >= 15 is 0 Å². The number of Topliss-reactive ketones (excluding diaryl/α,β-unsaturated/α-hetero) is 1. The van der Waals surface area contributed by atoms with Crippen molar-refractivity contribution in [3.8, 4) is 5.75 Å². The van der Waals surface area contributed by atoms with Gasteiger partial charge in [0.2, 0.25) is 5.13 Å². The number of hydrogen-bond donors (Lipinski definition) is 1. The number of nitrogens with zero attached hydrogens (tertiary/aromatic N) is 3. The van der Waals surface area contributed by atoms with E-state index < -0.39 is 17.7 Å². The molecule has 0 bridgehead atoms. The van der Waals surface area contributed by atoms with Crippen molar-refractivity contribution in [2.75, 3.05) is 4.90 Å². The standard InChI is InChI=1S/C37H33N3O4S2/c1-23(2)27-12-14-28(15-13-27)32-31(33(41)29-16-18-30(19-17-29)44-21-26-11-7-8-24(3)20-26)34(42)35(43)40(32)36-38-39-37(46-36)45-22-25-9-5-4-6-10-25/h4-20,23,32,41H,21-22H2,1-3H3. The maximum absolute atomic E-state index is 13.7. The van der Waals surface area contributed by atoms with Crippen LogP contribution in [0.2, 0.25) is 0 Å². The van der Waals surface area contributed by atoms with Crippen LogP contribution < -0.4 is 9.64 Å². The summed E-state index contributed by atoms with van der Waals surface area (Å²) in [7, 11) is 0. The topological polar surface area (TPSA) is 92.6 Å². The maximum atomic E-state index is 13.7. The molecule has 1 aliphatic heterocycles. The van der Waals surface area contributed by atoms with Gasteiger partial charge in [-0.25, -0.2) is 0 Å². The van der Waals surface area contributed by atoms with E-state index in [2.05, 4.69) is 30.1 Å². The lowest BCUT2D eigenvalue weighted by Gasteiger charge is -2.23. The highest BCUT2D eigenvalue weighted by Crippen LogP contribution is 2.44. The summed E-state index contributed by atoms with van der Waals surface area (Å²) in [6.07, 6.45) is 0. The molecule has 0 radical (unpaired) electrons. The lowest BCUT2D eigenvalue weighted by atomic mass is 9.93. The van der Waals surface area contributed by atoms with Crippen molar-refractivity contribution in [2.24, 2.45) is 0 Å². The van der Waals surface area contributed by atoms with Crippen LogP contribution in [0.1, 0.15) is 59.2 Å². The number of carbonyl (C=O) groups is 2. The molecule has 1 aliphatic rings. The van der Waals surface area contributed by atoms with Gasteiger partial charge in [-0.1, -0.05) is 121 Å². The highest BCUT2D eigenvalue weighted by molar-refractivity contribution is 8.00. The molecule has 6 rings (SSSR count). The molecule has 1 saturated heterocycles. The molecular weight excluding hydrogens is 615 g/mol. The molecule has 5 aromatic rings. The number of hydrogen-bond acceptors (Lipinski definition) is 8. The fraction of sp³-hybridized carbons (Fsp3) is 0.189. The van der Waals surface area contributed by atoms with Crippen LogP contribution in [0, 0.1) is 6.92 Å². The van der Waals surface area contributed by atoms with E-state index in [1.165, 1.54) is 28.0 Å². The smallest absolute Gasteiger partial charge is 0.301 e. The summed E-state index contributed by atoms with van der Waals surface area (Å²) in [4.78, 5) is 28.7. The van der Waals surface area contributed by atoms with Crippen molar-refractivity contribution in [1.82, 2.24) is 10.2 Å². The van der Waals surface area contributed by atoms with Gasteiger partial charge in [0, 0.05) is 11.3 Å². The first-order valence-electron chi connectivity index (χ1n) is 15.0. The van der Waals surface area contributed by atoms with Crippen molar-refractivity contribution in [2.45, 2.75) is 49.4 Å². The van der Waals surface area contributed by atoms with E-state index in [-0.39, 0.29) is 11.3 Å². The molecule has 0 aliphatic carbocycles. The number of aryl methyl sites for hydroxylation is 1. The molecule has 2 heterocycles. The van der Waals surface area contributed by atoms with Gasteiger partial charge in [-0.2, -0.15) is 0 Å². The second kappa shape index (κ2) is 13.7. The first kappa shape index (κ1) is 31.3. The van der Waals surface area contributed by atoms with E-state index in [1.54, 1.807) is 24.3 Å². The number of ether oxygens (including phenoxy) is 1. The molecular formula is C37H33N3O4S2. The van der Waals surface area contributed by atoms with Crippen LogP contribution in [0.25, 0.3) is 5.76 Å². The molecule has 7 nitrogen and oxygen atoms in total. The van der Waals surface area contributed by atoms with Gasteiger partial charge in [-0.05, 0) is 59.4 Å². The number of aliphatic hydroxyl groups is 1. The molecule has 9 heteroatoms. The Bertz CT molecular complexity index is 1880. The Morgan fingerprint density at radius 2 is 1.63 bits per heavy atom. The average Bonchev–Trinajstić information content (AvgIpc) is 3.65. The molecule has 1 fully saturated rings. The van der Waals surface area contributed by atoms with Gasteiger partial charge in [0.1, 0.15) is 18.1 Å². The van der Waals surface area contributed by atoms with Crippen LogP contribution in [0.4, 0.5) is 5.13 Å². The van der Waals surface area contributed by atoms with Gasteiger partial charge in [0.25, 0.3) is 5.78 Å². The summed E-state index contributed by atoms with van der Waals surface area (Å²) in [5.74, 6) is -0.170. The van der Waals surface area contributed by atoms with Crippen molar-refractivity contribution < 1.29 is 19.4 Å². The van der Waals surface area contributed by atoms with Crippen LogP contribution in [-0.4, -0.2) is 27.0 Å². The quantitative estimate of drug-likeness (QED) is 0.0534. The summed E-state index contributed by atoms with van der Waals surface area (Å²) in [5.41, 5.74) is 5.57. The van der Waals surface area contributed by atoms with Crippen molar-refractivity contribution in [3.63, 3.8) is 0 Å². The number of aliphatic hydroxyl groups excluding tert-OH is 1. The predicted molar refractivity (Wildman–Crippen MR) is 183 cm³/mol. The third-order valence-electron chi connectivity index (χ3n) is 7.79. The zero-order valence-electron chi connectivity index (χ0n) is 25.7. The van der Waals surface area contributed by atoms with Crippen LogP contribution in [0.5, 0.6) is 5.75 Å². The zero-order valence-corrected chi connectivity index (χ0v) is 27.3. The summed E-state index contributed by atoms with van der Waals surface area (Å²) in [6.45, 7) is 6.64. The van der Waals surface area contributed by atoms with E-state index in [4.69, 9.17) is 4.74 Å². The summed E-state index contributed by atoms with van der Waals surface area (Å²) < 4.78 is 6.63. The number of amides is 1. The zero-order chi connectivity index (χ0) is 32.2. The predicted octanol–water partition coefficient (Wildman–Crippen LogP) is 8.47. The van der Waals surface area contributed by atoms with Crippen molar-refractivity contribution in [3.05, 3.63) is 142 Å². The van der Waals surface area contributed by atoms with Gasteiger partial charge in [-0.15, -0.1) is 10.2 Å². The maximum Gasteiger partial charge on any atom is 0.301 e. The SMILES string of the molecule is Cc1cccc(COc2ccc(C(O)=C3C(=O)C(=O)N(c4nnc(SCc5ccccc5)s4)C3c3ccc(C(C)C)cc3)cc2)c1. The number of aromatic nitrogens is 2. The van der Waals surface area contributed by atoms with Crippen LogP contribution in [0.15, 0.2) is 113 Å². The molecule has 1 amide bonds. The van der Waals surface area contributed by atoms with Gasteiger partial charge < -0.3 is 9.84 Å². The Balaban J connectivity index is 1.31. The van der Waals surface area contributed by atoms with Gasteiger partial charge in [-0.3, -0.25) is 14.5 Å². The number of anilines is 1. The minimum Gasteiger partial charge on any atom is -0.507 e. The van der Waals surface area contributed by atoms with Gasteiger partial charge >= 0.3 is 5.91 Å². The lowest BCUT2D eigenvalue weighted by molar-refractivity contribution is -0.132. The summed E-state index contributed by atoms with van der Waals surface area (Å²) in [6, 6.07) is 31.9. The normalized spacial score (nSPS) is 15.9. The Hall–Kier alpha value is -4.73. The number of thioether (sulfide) groups is 1. The van der Waals surface area contributed by atoms with Crippen LogP contribution in [0.3, 0.4) is 0 Å². The molecule has 1 atom stereocenters. The largest absolute Gasteiger partial charge is 0.507 e. The Morgan fingerprint density at radius 1 is 0.913 bits per heavy atom. The molecule has 1 N–H and O–H groups in total. The third kappa shape index (κ3) is 6.76. The number of ketones is 1. The summed E-state index contributed by atoms with van der Waals surface area (Å²) in [5, 5.41) is 20.5. The monoisotopic (exact) mass is 647 g/mol. The van der Waals surface area contributed by atoms with Crippen LogP contribution in [-0.2, 0) is 21.9 Å². The van der Waals surface area contributed by atoms with Crippen molar-refractivity contribution >= 4 is 45.7 Å². The van der Waals surface area contributed by atoms with Crippen LogP contribution >= 0.6 is 23.1 Å². The third-order valence-corrected chi connectivity index (χ3v) is 9.91. The number of carbonyl (C=O) groups excluding carboxylic acids is 2. The second-order valence-corrected chi connectivity index (χ2v) is 13.6. The Labute approximate surface area is 276 Å². The molecule has 0 saturated carbocycles. The highest BCUT2D eigenvalue weighted by atomic mass is 32.2. The highest BCUT2D eigenvalue weighted by Gasteiger charge is 2.48. The molecule has 1 aromatic heterocycles. The van der Waals surface area contributed by atoms with Crippen molar-refractivity contribution in [1.29, 1.82) is 0 Å². The minimum atomic E-state index is -0.876. The molecule has 1 unspecified atom stereocenters. The minimum absolute atomic E-state index is 0.00409. The van der Waals surface area contributed by atoms with Gasteiger partial charge in [0.15, 0.2) is 4.34 Å². The van der Waals surface area contributed by atoms with E-state index in [0.717, 1.165) is 22.3 Å². The molecule has 4 aromatic carbocycles. The van der Waals surface area contributed by atoms with E-state index in [0.29, 0.717) is 44.6 Å². The Kier molecular flexibility index (Phi) is 9.33. The molecule has 46 heavy (non-hydrogen) atoms. The molecule has 0 spiro atoms.